The van der Waals surface area contributed by atoms with Crippen LogP contribution in [0.3, 0.4) is 0 Å². The molecule has 1 N–H and O–H groups in total. The van der Waals surface area contributed by atoms with Crippen LogP contribution in [0.15, 0.2) is 0 Å². The molecule has 0 aliphatic carbocycles. The summed E-state index contributed by atoms with van der Waals surface area (Å²) in [6, 6.07) is 0. The molecule has 0 aromatic carbocycles. The zero-order chi connectivity index (χ0) is 13.3. The summed E-state index contributed by atoms with van der Waals surface area (Å²) in [4.78, 5) is 0. The molecule has 0 aromatic heterocycles. The van der Waals surface area contributed by atoms with E-state index in [-0.39, 0.29) is 13.2 Å². The number of sulfonamides is 1. The van der Waals surface area contributed by atoms with Crippen molar-refractivity contribution in [1.29, 1.82) is 0 Å². The second-order valence-electron chi connectivity index (χ2n) is 4.46. The molecule has 7 nitrogen and oxygen atoms in total. The number of ether oxygens (including phenoxy) is 2. The van der Waals surface area contributed by atoms with E-state index in [9.17, 15) is 16.8 Å². The lowest BCUT2D eigenvalue weighted by molar-refractivity contribution is -0.137. The van der Waals surface area contributed by atoms with Crippen LogP contribution in [0.25, 0.3) is 0 Å². The van der Waals surface area contributed by atoms with Gasteiger partial charge in [0.25, 0.3) is 0 Å². The van der Waals surface area contributed by atoms with Crippen LogP contribution in [-0.2, 0) is 29.3 Å². The molecule has 9 heteroatoms. The normalized spacial score (nSPS) is 25.0. The molecule has 0 spiro atoms. The SMILES string of the molecule is CC1(C)OCC(CNS(=O)(=O)CS(C)(=O)=O)O1. The second kappa shape index (κ2) is 4.81. The quantitative estimate of drug-likeness (QED) is 0.700. The van der Waals surface area contributed by atoms with Gasteiger partial charge < -0.3 is 9.47 Å². The summed E-state index contributed by atoms with van der Waals surface area (Å²) in [6.45, 7) is 3.71. The van der Waals surface area contributed by atoms with Crippen LogP contribution in [0.1, 0.15) is 13.8 Å². The molecule has 1 saturated heterocycles. The first-order chi connectivity index (χ1) is 7.49. The monoisotopic (exact) mass is 287 g/mol. The third-order valence-corrected chi connectivity index (χ3v) is 5.53. The molecule has 1 rings (SSSR count). The van der Waals surface area contributed by atoms with Gasteiger partial charge in [-0.3, -0.25) is 0 Å². The van der Waals surface area contributed by atoms with Crippen LogP contribution in [-0.4, -0.2) is 53.2 Å². The van der Waals surface area contributed by atoms with E-state index in [1.807, 2.05) is 0 Å². The lowest BCUT2D eigenvalue weighted by Gasteiger charge is -2.17. The molecule has 1 atom stereocenters. The minimum absolute atomic E-state index is 0.00127. The highest BCUT2D eigenvalue weighted by Gasteiger charge is 2.33. The van der Waals surface area contributed by atoms with E-state index in [1.165, 1.54) is 0 Å². The molecule has 0 aromatic rings. The molecule has 1 aliphatic heterocycles. The third kappa shape index (κ3) is 5.77. The first-order valence-corrected chi connectivity index (χ1v) is 8.67. The van der Waals surface area contributed by atoms with Crippen molar-refractivity contribution in [3.8, 4) is 0 Å². The summed E-state index contributed by atoms with van der Waals surface area (Å²) in [7, 11) is -7.41. The molecular formula is C8H17NO6S2. The highest BCUT2D eigenvalue weighted by atomic mass is 32.3. The van der Waals surface area contributed by atoms with Crippen molar-refractivity contribution in [2.24, 2.45) is 0 Å². The standard InChI is InChI=1S/C8H17NO6S2/c1-8(2)14-5-7(15-8)4-9-17(12,13)6-16(3,10)11/h7,9H,4-6H2,1-3H3. The van der Waals surface area contributed by atoms with Crippen LogP contribution in [0, 0.1) is 0 Å². The maximum atomic E-state index is 11.4. The number of nitrogens with one attached hydrogen (secondary N) is 1. The maximum absolute atomic E-state index is 11.4. The Kier molecular flexibility index (Phi) is 4.20. The lowest BCUT2D eigenvalue weighted by atomic mass is 10.4. The Morgan fingerprint density at radius 2 is 1.88 bits per heavy atom. The average Bonchev–Trinajstić information content (AvgIpc) is 2.38. The number of hydrogen-bond acceptors (Lipinski definition) is 6. The summed E-state index contributed by atoms with van der Waals surface area (Å²) in [6.07, 6.45) is 0.462. The van der Waals surface area contributed by atoms with Gasteiger partial charge in [-0.15, -0.1) is 0 Å². The van der Waals surface area contributed by atoms with E-state index in [0.717, 1.165) is 6.26 Å². The number of hydrogen-bond donors (Lipinski definition) is 1. The molecule has 0 saturated carbocycles. The Balaban J connectivity index is 2.47. The molecule has 17 heavy (non-hydrogen) atoms. The van der Waals surface area contributed by atoms with Crippen molar-refractivity contribution in [2.45, 2.75) is 25.7 Å². The molecule has 0 radical (unpaired) electrons. The first-order valence-electron chi connectivity index (χ1n) is 4.96. The van der Waals surface area contributed by atoms with Gasteiger partial charge in [-0.05, 0) is 13.8 Å². The fourth-order valence-electron chi connectivity index (χ4n) is 1.41. The van der Waals surface area contributed by atoms with Gasteiger partial charge in [-0.1, -0.05) is 0 Å². The van der Waals surface area contributed by atoms with Crippen molar-refractivity contribution in [2.75, 3.05) is 24.5 Å². The molecular weight excluding hydrogens is 270 g/mol. The van der Waals surface area contributed by atoms with Crippen LogP contribution < -0.4 is 4.72 Å². The molecule has 1 unspecified atom stereocenters. The molecule has 1 fully saturated rings. The summed E-state index contributed by atoms with van der Waals surface area (Å²) < 4.78 is 57.3. The second-order valence-corrected chi connectivity index (χ2v) is 8.77. The van der Waals surface area contributed by atoms with Gasteiger partial charge in [0.15, 0.2) is 20.7 Å². The predicted octanol–water partition coefficient (Wildman–Crippen LogP) is -0.941. The third-order valence-electron chi connectivity index (χ3n) is 1.97. The maximum Gasteiger partial charge on any atom is 0.226 e. The van der Waals surface area contributed by atoms with Crippen LogP contribution in [0.4, 0.5) is 0 Å². The molecule has 1 heterocycles. The van der Waals surface area contributed by atoms with Crippen molar-refractivity contribution in [3.05, 3.63) is 0 Å². The Labute approximate surface area is 101 Å². The fourth-order valence-corrected chi connectivity index (χ4v) is 4.43. The Morgan fingerprint density at radius 1 is 1.29 bits per heavy atom. The number of sulfone groups is 1. The van der Waals surface area contributed by atoms with Crippen molar-refractivity contribution in [1.82, 2.24) is 4.72 Å². The highest BCUT2D eigenvalue weighted by Crippen LogP contribution is 2.21. The van der Waals surface area contributed by atoms with E-state index in [2.05, 4.69) is 4.72 Å². The molecule has 1 aliphatic rings. The van der Waals surface area contributed by atoms with Crippen molar-refractivity contribution >= 4 is 19.9 Å². The Bertz CT molecular complexity index is 466. The van der Waals surface area contributed by atoms with Crippen molar-refractivity contribution < 1.29 is 26.3 Å². The van der Waals surface area contributed by atoms with Gasteiger partial charge in [0, 0.05) is 12.8 Å². The van der Waals surface area contributed by atoms with E-state index >= 15 is 0 Å². The highest BCUT2D eigenvalue weighted by molar-refractivity contribution is 8.06. The average molecular weight is 287 g/mol. The zero-order valence-corrected chi connectivity index (χ0v) is 11.6. The van der Waals surface area contributed by atoms with Gasteiger partial charge >= 0.3 is 0 Å². The van der Waals surface area contributed by atoms with Gasteiger partial charge in [0.05, 0.1) is 12.7 Å². The largest absolute Gasteiger partial charge is 0.348 e. The minimum Gasteiger partial charge on any atom is -0.348 e. The van der Waals surface area contributed by atoms with Crippen LogP contribution in [0.2, 0.25) is 0 Å². The van der Waals surface area contributed by atoms with E-state index in [4.69, 9.17) is 9.47 Å². The summed E-state index contributed by atoms with van der Waals surface area (Å²) >= 11 is 0. The fraction of sp³-hybridized carbons (Fsp3) is 1.00. The Hall–Kier alpha value is -0.220. The topological polar surface area (TPSA) is 98.8 Å². The molecule has 102 valence electrons. The van der Waals surface area contributed by atoms with E-state index in [1.54, 1.807) is 13.8 Å². The summed E-state index contributed by atoms with van der Waals surface area (Å²) in [5.74, 6) is -0.729. The first kappa shape index (κ1) is 14.8. The minimum atomic E-state index is -3.84. The Morgan fingerprint density at radius 3 is 2.29 bits per heavy atom. The van der Waals surface area contributed by atoms with Gasteiger partial charge in [0.2, 0.25) is 10.0 Å². The summed E-state index contributed by atoms with van der Waals surface area (Å²) in [5, 5.41) is -0.920. The summed E-state index contributed by atoms with van der Waals surface area (Å²) in [5.41, 5.74) is 0. The van der Waals surface area contributed by atoms with E-state index < -0.39 is 36.8 Å². The zero-order valence-electron chi connectivity index (χ0n) is 9.96. The van der Waals surface area contributed by atoms with Crippen LogP contribution >= 0.6 is 0 Å². The van der Waals surface area contributed by atoms with E-state index in [0.29, 0.717) is 0 Å². The molecule has 0 amide bonds. The molecule has 0 bridgehead atoms. The number of rotatable bonds is 5. The van der Waals surface area contributed by atoms with Gasteiger partial charge in [-0.25, -0.2) is 21.6 Å². The van der Waals surface area contributed by atoms with Crippen molar-refractivity contribution in [3.63, 3.8) is 0 Å². The van der Waals surface area contributed by atoms with Gasteiger partial charge in [0.1, 0.15) is 0 Å². The van der Waals surface area contributed by atoms with Crippen LogP contribution in [0.5, 0.6) is 0 Å². The van der Waals surface area contributed by atoms with Gasteiger partial charge in [-0.2, -0.15) is 0 Å². The smallest absolute Gasteiger partial charge is 0.226 e. The predicted molar refractivity (Wildman–Crippen MR) is 61.5 cm³/mol. The lowest BCUT2D eigenvalue weighted by Crippen LogP contribution is -2.37.